The summed E-state index contributed by atoms with van der Waals surface area (Å²) in [6.45, 7) is 3.07. The van der Waals surface area contributed by atoms with Crippen LogP contribution >= 0.6 is 12.2 Å². The average molecular weight is 236 g/mol. The van der Waals surface area contributed by atoms with Crippen molar-refractivity contribution in [1.82, 2.24) is 4.90 Å². The van der Waals surface area contributed by atoms with Crippen LogP contribution in [0.4, 0.5) is 0 Å². The molecular weight excluding hydrogens is 216 g/mol. The number of nitrogens with two attached hydrogens (primary N) is 1. The number of hydrogen-bond acceptors (Lipinski definition) is 2. The van der Waals surface area contributed by atoms with Gasteiger partial charge in [0.15, 0.2) is 0 Å². The Hall–Kier alpha value is -0.930. The van der Waals surface area contributed by atoms with E-state index in [4.69, 9.17) is 18.0 Å². The normalized spacial score (nSPS) is 12.7. The van der Waals surface area contributed by atoms with Gasteiger partial charge in [0.25, 0.3) is 0 Å². The fraction of sp³-hybridized carbons (Fsp3) is 0.462. The van der Waals surface area contributed by atoms with Crippen molar-refractivity contribution in [2.45, 2.75) is 25.8 Å². The van der Waals surface area contributed by atoms with Crippen LogP contribution in [-0.4, -0.2) is 29.5 Å². The van der Waals surface area contributed by atoms with Gasteiger partial charge in [0.05, 0.1) is 11.0 Å². The lowest BCUT2D eigenvalue weighted by Crippen LogP contribution is -2.39. The molecule has 0 aliphatic rings. The maximum absolute atomic E-state index is 5.61. The third kappa shape index (κ3) is 4.29. The minimum absolute atomic E-state index is 0.186. The van der Waals surface area contributed by atoms with Crippen LogP contribution in [0.15, 0.2) is 30.3 Å². The highest BCUT2D eigenvalue weighted by molar-refractivity contribution is 7.80. The molecule has 0 spiro atoms. The highest BCUT2D eigenvalue weighted by atomic mass is 32.1. The van der Waals surface area contributed by atoms with E-state index in [-0.39, 0.29) is 6.04 Å². The number of benzene rings is 1. The standard InChI is InChI=1S/C13H20N2S/c1-11(13(14)16)15(2)10-6-9-12-7-4-3-5-8-12/h3-5,7-8,11H,6,9-10H2,1-2H3,(H2,14,16). The van der Waals surface area contributed by atoms with Crippen LogP contribution in [0, 0.1) is 0 Å². The zero-order chi connectivity index (χ0) is 12.0. The Morgan fingerprint density at radius 3 is 2.56 bits per heavy atom. The largest absolute Gasteiger partial charge is 0.392 e. The van der Waals surface area contributed by atoms with Gasteiger partial charge in [-0.25, -0.2) is 0 Å². The molecule has 1 rings (SSSR count). The Labute approximate surface area is 103 Å². The maximum Gasteiger partial charge on any atom is 0.0899 e. The zero-order valence-corrected chi connectivity index (χ0v) is 10.8. The molecule has 0 aliphatic heterocycles. The van der Waals surface area contributed by atoms with E-state index < -0.39 is 0 Å². The summed E-state index contributed by atoms with van der Waals surface area (Å²) >= 11 is 4.97. The van der Waals surface area contributed by atoms with Gasteiger partial charge in [-0.3, -0.25) is 4.90 Å². The van der Waals surface area contributed by atoms with Gasteiger partial charge in [-0.05, 0) is 38.9 Å². The van der Waals surface area contributed by atoms with E-state index in [2.05, 4.69) is 36.2 Å². The summed E-state index contributed by atoms with van der Waals surface area (Å²) in [6.07, 6.45) is 2.24. The lowest BCUT2D eigenvalue weighted by Gasteiger charge is -2.23. The number of hydrogen-bond donors (Lipinski definition) is 1. The first-order valence-corrected chi connectivity index (χ1v) is 6.05. The molecule has 0 aliphatic carbocycles. The third-order valence-corrected chi connectivity index (χ3v) is 3.23. The molecule has 1 unspecified atom stereocenters. The molecule has 0 saturated carbocycles. The van der Waals surface area contributed by atoms with Crippen LogP contribution in [-0.2, 0) is 6.42 Å². The Morgan fingerprint density at radius 2 is 2.00 bits per heavy atom. The minimum Gasteiger partial charge on any atom is -0.392 e. The topological polar surface area (TPSA) is 29.3 Å². The van der Waals surface area contributed by atoms with Crippen molar-refractivity contribution in [2.24, 2.45) is 5.73 Å². The quantitative estimate of drug-likeness (QED) is 0.768. The molecule has 0 heterocycles. The number of rotatable bonds is 6. The van der Waals surface area contributed by atoms with Crippen LogP contribution in [0.5, 0.6) is 0 Å². The molecule has 1 aromatic carbocycles. The monoisotopic (exact) mass is 236 g/mol. The van der Waals surface area contributed by atoms with Gasteiger partial charge in [0.1, 0.15) is 0 Å². The van der Waals surface area contributed by atoms with E-state index in [1.165, 1.54) is 5.56 Å². The van der Waals surface area contributed by atoms with Crippen molar-refractivity contribution in [3.05, 3.63) is 35.9 Å². The molecule has 2 nitrogen and oxygen atoms in total. The van der Waals surface area contributed by atoms with Crippen LogP contribution in [0.25, 0.3) is 0 Å². The minimum atomic E-state index is 0.186. The second-order valence-electron chi connectivity index (χ2n) is 4.15. The van der Waals surface area contributed by atoms with Crippen molar-refractivity contribution in [3.63, 3.8) is 0 Å². The van der Waals surface area contributed by atoms with Gasteiger partial charge in [-0.15, -0.1) is 0 Å². The second-order valence-corrected chi connectivity index (χ2v) is 4.62. The summed E-state index contributed by atoms with van der Waals surface area (Å²) in [4.78, 5) is 2.77. The molecule has 2 N–H and O–H groups in total. The Balaban J connectivity index is 2.28. The first-order chi connectivity index (χ1) is 7.61. The molecule has 1 aromatic rings. The van der Waals surface area contributed by atoms with Crippen LogP contribution in [0.2, 0.25) is 0 Å². The fourth-order valence-corrected chi connectivity index (χ4v) is 1.77. The van der Waals surface area contributed by atoms with E-state index >= 15 is 0 Å². The van der Waals surface area contributed by atoms with E-state index in [1.54, 1.807) is 0 Å². The van der Waals surface area contributed by atoms with Crippen molar-refractivity contribution < 1.29 is 0 Å². The van der Waals surface area contributed by atoms with Crippen molar-refractivity contribution in [3.8, 4) is 0 Å². The molecule has 0 fully saturated rings. The maximum atomic E-state index is 5.61. The van der Waals surface area contributed by atoms with Gasteiger partial charge in [0.2, 0.25) is 0 Å². The average Bonchev–Trinajstić information content (AvgIpc) is 2.29. The summed E-state index contributed by atoms with van der Waals surface area (Å²) in [5, 5.41) is 0. The van der Waals surface area contributed by atoms with Crippen molar-refractivity contribution >= 4 is 17.2 Å². The summed E-state index contributed by atoms with van der Waals surface area (Å²) < 4.78 is 0. The number of likely N-dealkylation sites (N-methyl/N-ethyl adjacent to an activating group) is 1. The third-order valence-electron chi connectivity index (χ3n) is 2.89. The van der Waals surface area contributed by atoms with Crippen LogP contribution in [0.1, 0.15) is 18.9 Å². The molecule has 88 valence electrons. The summed E-state index contributed by atoms with van der Waals surface area (Å²) in [7, 11) is 2.06. The number of aryl methyl sites for hydroxylation is 1. The zero-order valence-electron chi connectivity index (χ0n) is 10.0. The smallest absolute Gasteiger partial charge is 0.0899 e. The molecule has 0 amide bonds. The van der Waals surface area contributed by atoms with Gasteiger partial charge < -0.3 is 5.73 Å². The second kappa shape index (κ2) is 6.61. The van der Waals surface area contributed by atoms with Gasteiger partial charge in [0, 0.05) is 0 Å². The Bertz CT molecular complexity index is 324. The summed E-state index contributed by atoms with van der Waals surface area (Å²) in [6, 6.07) is 10.7. The van der Waals surface area contributed by atoms with Crippen LogP contribution in [0.3, 0.4) is 0 Å². The molecule has 0 bridgehead atoms. The van der Waals surface area contributed by atoms with E-state index in [0.717, 1.165) is 19.4 Å². The predicted octanol–water partition coefficient (Wildman–Crippen LogP) is 2.23. The molecule has 16 heavy (non-hydrogen) atoms. The first-order valence-electron chi connectivity index (χ1n) is 5.64. The SMILES string of the molecule is CC(C(N)=S)N(C)CCCc1ccccc1. The van der Waals surface area contributed by atoms with Crippen molar-refractivity contribution in [2.75, 3.05) is 13.6 Å². The van der Waals surface area contributed by atoms with Gasteiger partial charge >= 0.3 is 0 Å². The number of nitrogens with zero attached hydrogens (tertiary/aromatic N) is 1. The van der Waals surface area contributed by atoms with Crippen LogP contribution < -0.4 is 5.73 Å². The summed E-state index contributed by atoms with van der Waals surface area (Å²) in [5.74, 6) is 0. The lowest BCUT2D eigenvalue weighted by atomic mass is 10.1. The molecule has 0 aromatic heterocycles. The van der Waals surface area contributed by atoms with Gasteiger partial charge in [-0.1, -0.05) is 42.5 Å². The van der Waals surface area contributed by atoms with E-state index in [1.807, 2.05) is 13.0 Å². The number of thiocarbonyl (C=S) groups is 1. The lowest BCUT2D eigenvalue weighted by molar-refractivity contribution is 0.308. The van der Waals surface area contributed by atoms with Crippen molar-refractivity contribution in [1.29, 1.82) is 0 Å². The highest BCUT2D eigenvalue weighted by Crippen LogP contribution is 2.04. The van der Waals surface area contributed by atoms with Gasteiger partial charge in [-0.2, -0.15) is 0 Å². The Kier molecular flexibility index (Phi) is 5.43. The Morgan fingerprint density at radius 1 is 1.38 bits per heavy atom. The molecular formula is C13H20N2S. The first kappa shape index (κ1) is 13.1. The highest BCUT2D eigenvalue weighted by Gasteiger charge is 2.10. The molecule has 3 heteroatoms. The predicted molar refractivity (Wildman–Crippen MR) is 73.6 cm³/mol. The fourth-order valence-electron chi connectivity index (χ4n) is 1.59. The van der Waals surface area contributed by atoms with E-state index in [9.17, 15) is 0 Å². The molecule has 0 radical (unpaired) electrons. The summed E-state index contributed by atoms with van der Waals surface area (Å²) in [5.41, 5.74) is 7.00. The van der Waals surface area contributed by atoms with E-state index in [0.29, 0.717) is 4.99 Å². The molecule has 1 atom stereocenters. The molecule has 0 saturated heterocycles.